The molecule has 0 aromatic carbocycles. The van der Waals surface area contributed by atoms with Crippen LogP contribution in [0.4, 0.5) is 0 Å². The zero-order valence-electron chi connectivity index (χ0n) is 13.2. The van der Waals surface area contributed by atoms with Crippen molar-refractivity contribution in [3.05, 3.63) is 0 Å². The minimum atomic E-state index is -0.750. The van der Waals surface area contributed by atoms with Crippen LogP contribution in [-0.2, 0) is 9.59 Å². The lowest BCUT2D eigenvalue weighted by atomic mass is 9.77. The molecule has 0 aromatic heterocycles. The van der Waals surface area contributed by atoms with E-state index in [9.17, 15) is 14.7 Å². The molecule has 1 heterocycles. The summed E-state index contributed by atoms with van der Waals surface area (Å²) in [7, 11) is 0. The van der Waals surface area contributed by atoms with Gasteiger partial charge >= 0.3 is 5.97 Å². The largest absolute Gasteiger partial charge is 0.481 e. The number of rotatable bonds is 7. The molecule has 1 atom stereocenters. The van der Waals surface area contributed by atoms with E-state index in [4.69, 9.17) is 0 Å². The number of aliphatic carboxylic acids is 1. The van der Waals surface area contributed by atoms with Gasteiger partial charge in [0.15, 0.2) is 0 Å². The van der Waals surface area contributed by atoms with Gasteiger partial charge < -0.3 is 10.0 Å². The lowest BCUT2D eigenvalue weighted by Crippen LogP contribution is -2.51. The Balaban J connectivity index is 2.79. The highest BCUT2D eigenvalue weighted by Crippen LogP contribution is 2.34. The van der Waals surface area contributed by atoms with Crippen molar-refractivity contribution in [2.24, 2.45) is 11.3 Å². The molecular weight excluding hydrogens is 254 g/mol. The van der Waals surface area contributed by atoms with Crippen LogP contribution >= 0.6 is 0 Å². The molecule has 0 radical (unpaired) electrons. The van der Waals surface area contributed by atoms with Gasteiger partial charge in [-0.25, -0.2) is 0 Å². The molecule has 4 nitrogen and oxygen atoms in total. The number of hydrogen-bond donors (Lipinski definition) is 1. The Hall–Kier alpha value is -1.06. The van der Waals surface area contributed by atoms with Crippen molar-refractivity contribution in [3.63, 3.8) is 0 Å². The van der Waals surface area contributed by atoms with Crippen molar-refractivity contribution in [3.8, 4) is 0 Å². The fourth-order valence-corrected chi connectivity index (χ4v) is 3.28. The monoisotopic (exact) mass is 283 g/mol. The number of carboxylic acids is 1. The maximum atomic E-state index is 12.6. The van der Waals surface area contributed by atoms with Crippen LogP contribution in [-0.4, -0.2) is 35.0 Å². The molecule has 1 aliphatic rings. The lowest BCUT2D eigenvalue weighted by molar-refractivity contribution is -0.156. The van der Waals surface area contributed by atoms with Crippen LogP contribution in [0.1, 0.15) is 65.7 Å². The van der Waals surface area contributed by atoms with Crippen LogP contribution < -0.4 is 0 Å². The number of carbonyl (C=O) groups is 2. The quantitative estimate of drug-likeness (QED) is 0.780. The molecule has 0 aromatic rings. The van der Waals surface area contributed by atoms with Crippen LogP contribution in [0.25, 0.3) is 0 Å². The summed E-state index contributed by atoms with van der Waals surface area (Å²) in [6.45, 7) is 7.22. The molecule has 20 heavy (non-hydrogen) atoms. The highest BCUT2D eigenvalue weighted by molar-refractivity contribution is 5.81. The Bertz CT molecular complexity index is 337. The Labute approximate surface area is 122 Å². The molecule has 4 heteroatoms. The number of likely N-dealkylation sites (tertiary alicyclic amines) is 1. The summed E-state index contributed by atoms with van der Waals surface area (Å²) in [5.41, 5.74) is -0.725. The molecule has 1 fully saturated rings. The molecule has 1 unspecified atom stereocenters. The second-order valence-electron chi connectivity index (χ2n) is 6.08. The first kappa shape index (κ1) is 17.0. The van der Waals surface area contributed by atoms with E-state index in [0.29, 0.717) is 19.4 Å². The number of nitrogens with zero attached hydrogens (tertiary/aromatic N) is 1. The van der Waals surface area contributed by atoms with E-state index in [0.717, 1.165) is 38.6 Å². The van der Waals surface area contributed by atoms with Gasteiger partial charge in [0, 0.05) is 19.0 Å². The summed E-state index contributed by atoms with van der Waals surface area (Å²) >= 11 is 0. The third kappa shape index (κ3) is 3.74. The molecule has 1 amide bonds. The first-order valence-corrected chi connectivity index (χ1v) is 8.03. The van der Waals surface area contributed by atoms with Crippen molar-refractivity contribution in [1.29, 1.82) is 0 Å². The molecule has 1 saturated heterocycles. The standard InChI is InChI=1S/C16H29NO3/c1-4-8-13(9-5-2)14(18)17-11-7-10-16(6-3,12-17)15(19)20/h13H,4-12H2,1-3H3,(H,19,20). The van der Waals surface area contributed by atoms with Gasteiger partial charge in [0.05, 0.1) is 5.41 Å². The smallest absolute Gasteiger partial charge is 0.311 e. The van der Waals surface area contributed by atoms with Crippen LogP contribution in [0.2, 0.25) is 0 Å². The predicted molar refractivity (Wildman–Crippen MR) is 79.5 cm³/mol. The first-order chi connectivity index (χ1) is 9.50. The number of piperidine rings is 1. The molecular formula is C16H29NO3. The maximum absolute atomic E-state index is 12.6. The lowest BCUT2D eigenvalue weighted by Gasteiger charge is -2.40. The summed E-state index contributed by atoms with van der Waals surface area (Å²) in [6.07, 6.45) is 5.92. The van der Waals surface area contributed by atoms with Crippen molar-refractivity contribution < 1.29 is 14.7 Å². The Morgan fingerprint density at radius 3 is 2.25 bits per heavy atom. The van der Waals surface area contributed by atoms with Crippen LogP contribution in [0.3, 0.4) is 0 Å². The highest BCUT2D eigenvalue weighted by atomic mass is 16.4. The summed E-state index contributed by atoms with van der Waals surface area (Å²) in [4.78, 5) is 26.0. The molecule has 116 valence electrons. The number of hydrogen-bond acceptors (Lipinski definition) is 2. The number of amides is 1. The Morgan fingerprint density at radius 2 is 1.80 bits per heavy atom. The van der Waals surface area contributed by atoms with Gasteiger partial charge in [0.25, 0.3) is 0 Å². The second kappa shape index (κ2) is 7.65. The summed E-state index contributed by atoms with van der Waals surface area (Å²) in [6, 6.07) is 0. The van der Waals surface area contributed by atoms with Crippen LogP contribution in [0.5, 0.6) is 0 Å². The zero-order chi connectivity index (χ0) is 15.2. The Morgan fingerprint density at radius 1 is 1.20 bits per heavy atom. The molecule has 0 spiro atoms. The highest BCUT2D eigenvalue weighted by Gasteiger charge is 2.42. The average molecular weight is 283 g/mol. The van der Waals surface area contributed by atoms with E-state index in [1.54, 1.807) is 0 Å². The average Bonchev–Trinajstić information content (AvgIpc) is 2.46. The van der Waals surface area contributed by atoms with Gasteiger partial charge in [-0.05, 0) is 32.1 Å². The van der Waals surface area contributed by atoms with Gasteiger partial charge in [-0.3, -0.25) is 9.59 Å². The molecule has 0 aliphatic carbocycles. The molecule has 1 N–H and O–H groups in total. The molecule has 1 rings (SSSR count). The summed E-state index contributed by atoms with van der Waals surface area (Å²) < 4.78 is 0. The fourth-order valence-electron chi connectivity index (χ4n) is 3.28. The topological polar surface area (TPSA) is 57.6 Å². The van der Waals surface area contributed by atoms with E-state index in [2.05, 4.69) is 13.8 Å². The number of carboxylic acid groups (broad SMARTS) is 1. The molecule has 0 saturated carbocycles. The van der Waals surface area contributed by atoms with Gasteiger partial charge in [-0.1, -0.05) is 33.6 Å². The first-order valence-electron chi connectivity index (χ1n) is 8.03. The van der Waals surface area contributed by atoms with E-state index in [-0.39, 0.29) is 11.8 Å². The SMILES string of the molecule is CCCC(CCC)C(=O)N1CCCC(CC)(C(=O)O)C1. The van der Waals surface area contributed by atoms with Crippen molar-refractivity contribution >= 4 is 11.9 Å². The normalized spacial score (nSPS) is 23.1. The third-order valence-corrected chi connectivity index (χ3v) is 4.64. The third-order valence-electron chi connectivity index (χ3n) is 4.64. The minimum Gasteiger partial charge on any atom is -0.481 e. The molecule has 0 bridgehead atoms. The van der Waals surface area contributed by atoms with Crippen molar-refractivity contribution in [1.82, 2.24) is 4.90 Å². The van der Waals surface area contributed by atoms with Crippen molar-refractivity contribution in [2.45, 2.75) is 65.7 Å². The van der Waals surface area contributed by atoms with Gasteiger partial charge in [0.2, 0.25) is 5.91 Å². The van der Waals surface area contributed by atoms with E-state index in [1.165, 1.54) is 0 Å². The van der Waals surface area contributed by atoms with Crippen molar-refractivity contribution in [2.75, 3.05) is 13.1 Å². The summed E-state index contributed by atoms with van der Waals surface area (Å²) in [5.74, 6) is -0.501. The van der Waals surface area contributed by atoms with Gasteiger partial charge in [0.1, 0.15) is 0 Å². The zero-order valence-corrected chi connectivity index (χ0v) is 13.2. The number of carbonyl (C=O) groups excluding carboxylic acids is 1. The molecule has 1 aliphatic heterocycles. The summed E-state index contributed by atoms with van der Waals surface area (Å²) in [5, 5.41) is 9.50. The predicted octanol–water partition coefficient (Wildman–Crippen LogP) is 3.31. The van der Waals surface area contributed by atoms with E-state index < -0.39 is 11.4 Å². The second-order valence-corrected chi connectivity index (χ2v) is 6.08. The maximum Gasteiger partial charge on any atom is 0.311 e. The van der Waals surface area contributed by atoms with Crippen LogP contribution in [0.15, 0.2) is 0 Å². The fraction of sp³-hybridized carbons (Fsp3) is 0.875. The Kier molecular flexibility index (Phi) is 6.50. The van der Waals surface area contributed by atoms with Gasteiger partial charge in [-0.15, -0.1) is 0 Å². The minimum absolute atomic E-state index is 0.0754. The van der Waals surface area contributed by atoms with Crippen LogP contribution in [0, 0.1) is 11.3 Å². The van der Waals surface area contributed by atoms with Gasteiger partial charge in [-0.2, -0.15) is 0 Å². The van der Waals surface area contributed by atoms with E-state index in [1.807, 2.05) is 11.8 Å². The van der Waals surface area contributed by atoms with E-state index >= 15 is 0 Å².